The second-order valence-electron chi connectivity index (χ2n) is 5.44. The Hall–Kier alpha value is 0.0969. The molecule has 0 heterocycles. The Balaban J connectivity index is 2.90. The highest BCUT2D eigenvalue weighted by atomic mass is 28.2. The molecule has 0 spiro atoms. The van der Waals surface area contributed by atoms with Gasteiger partial charge in [0, 0.05) is 6.61 Å². The van der Waals surface area contributed by atoms with Crippen LogP contribution in [0.2, 0.25) is 6.04 Å². The molecule has 0 unspecified atom stereocenters. The Morgan fingerprint density at radius 3 is 1.86 bits per heavy atom. The molecule has 0 aliphatic carbocycles. The van der Waals surface area contributed by atoms with Crippen LogP contribution >= 0.6 is 0 Å². The Morgan fingerprint density at radius 1 is 0.571 bits per heavy atom. The first-order valence-corrected chi connectivity index (χ1v) is 10.0. The molecular weight excluding hydrogens is 280 g/mol. The van der Waals surface area contributed by atoms with Gasteiger partial charge in [0.25, 0.3) is 0 Å². The van der Waals surface area contributed by atoms with Crippen LogP contribution in [0, 0.1) is 0 Å². The molecule has 2 radical (unpaired) electrons. The fourth-order valence-corrected chi connectivity index (χ4v) is 2.76. The zero-order valence-corrected chi connectivity index (χ0v) is 15.3. The van der Waals surface area contributed by atoms with Crippen LogP contribution in [0.3, 0.4) is 0 Å². The van der Waals surface area contributed by atoms with E-state index in [4.69, 9.17) is 13.9 Å². The summed E-state index contributed by atoms with van der Waals surface area (Å²) in [6.45, 7) is 8.19. The lowest BCUT2D eigenvalue weighted by Gasteiger charge is -2.06. The van der Waals surface area contributed by atoms with Crippen LogP contribution in [-0.4, -0.2) is 42.8 Å². The van der Waals surface area contributed by atoms with Gasteiger partial charge in [-0.05, 0) is 12.5 Å². The summed E-state index contributed by atoms with van der Waals surface area (Å²) in [5.74, 6) is 0. The summed E-state index contributed by atoms with van der Waals surface area (Å²) in [6, 6.07) is 1.21. The van der Waals surface area contributed by atoms with Crippen molar-refractivity contribution in [2.45, 2.75) is 77.7 Å². The van der Waals surface area contributed by atoms with Gasteiger partial charge in [-0.15, -0.1) is 0 Å². The van der Waals surface area contributed by atoms with E-state index < -0.39 is 0 Å². The summed E-state index contributed by atoms with van der Waals surface area (Å²) in [5, 5.41) is 0. The molecule has 0 saturated carbocycles. The van der Waals surface area contributed by atoms with Crippen molar-refractivity contribution in [1.29, 1.82) is 0 Å². The lowest BCUT2D eigenvalue weighted by atomic mass is 10.2. The first-order chi connectivity index (χ1) is 10.4. The Labute approximate surface area is 135 Å². The van der Waals surface area contributed by atoms with Gasteiger partial charge in [-0.25, -0.2) is 0 Å². The predicted molar refractivity (Wildman–Crippen MR) is 91.1 cm³/mol. The van der Waals surface area contributed by atoms with Crippen molar-refractivity contribution in [3.8, 4) is 0 Å². The van der Waals surface area contributed by atoms with Crippen molar-refractivity contribution in [2.24, 2.45) is 0 Å². The maximum absolute atomic E-state index is 5.56. The van der Waals surface area contributed by atoms with Gasteiger partial charge in [-0.2, -0.15) is 0 Å². The molecule has 21 heavy (non-hydrogen) atoms. The van der Waals surface area contributed by atoms with E-state index in [9.17, 15) is 0 Å². The van der Waals surface area contributed by atoms with Crippen molar-refractivity contribution in [3.05, 3.63) is 0 Å². The first-order valence-electron chi connectivity index (χ1n) is 8.92. The van der Waals surface area contributed by atoms with Crippen LogP contribution < -0.4 is 0 Å². The SMILES string of the molecule is CCCCCCCOCCOCCO[Si]CCCCCC. The molecular formula is C17H36O3Si. The van der Waals surface area contributed by atoms with Crippen LogP contribution in [-0.2, 0) is 13.9 Å². The summed E-state index contributed by atoms with van der Waals surface area (Å²) in [7, 11) is 0.644. The molecule has 0 rings (SSSR count). The second kappa shape index (κ2) is 20.1. The molecule has 0 fully saturated rings. The van der Waals surface area contributed by atoms with Gasteiger partial charge in [0.1, 0.15) is 0 Å². The lowest BCUT2D eigenvalue weighted by Crippen LogP contribution is -2.11. The maximum atomic E-state index is 5.56. The number of hydrogen-bond acceptors (Lipinski definition) is 3. The molecule has 0 atom stereocenters. The standard InChI is InChI=1S/C17H36O3Si/c1-3-5-7-9-10-12-18-13-14-19-15-16-20-21-17-11-8-6-4-2/h3-17H2,1-2H3. The van der Waals surface area contributed by atoms with E-state index in [0.717, 1.165) is 13.2 Å². The molecule has 0 N–H and O–H groups in total. The molecule has 0 aromatic rings. The van der Waals surface area contributed by atoms with Crippen molar-refractivity contribution in [3.63, 3.8) is 0 Å². The van der Waals surface area contributed by atoms with Crippen LogP contribution in [0.15, 0.2) is 0 Å². The van der Waals surface area contributed by atoms with Crippen molar-refractivity contribution in [1.82, 2.24) is 0 Å². The molecule has 3 nitrogen and oxygen atoms in total. The highest BCUT2D eigenvalue weighted by Gasteiger charge is 1.94. The maximum Gasteiger partial charge on any atom is 0.229 e. The molecule has 0 aromatic carbocycles. The van der Waals surface area contributed by atoms with Gasteiger partial charge in [-0.1, -0.05) is 65.2 Å². The summed E-state index contributed by atoms with van der Waals surface area (Å²) in [5.41, 5.74) is 0. The Kier molecular flexibility index (Phi) is 20.2. The highest BCUT2D eigenvalue weighted by Crippen LogP contribution is 2.03. The molecule has 0 aliphatic heterocycles. The van der Waals surface area contributed by atoms with Crippen LogP contribution in [0.1, 0.15) is 71.6 Å². The largest absolute Gasteiger partial charge is 0.415 e. The molecule has 0 aromatic heterocycles. The number of ether oxygens (including phenoxy) is 2. The summed E-state index contributed by atoms with van der Waals surface area (Å²) in [6.07, 6.45) is 11.8. The van der Waals surface area contributed by atoms with Crippen LogP contribution in [0.4, 0.5) is 0 Å². The molecule has 0 aliphatic rings. The van der Waals surface area contributed by atoms with Gasteiger partial charge < -0.3 is 13.9 Å². The Bertz CT molecular complexity index is 161. The Morgan fingerprint density at radius 2 is 1.14 bits per heavy atom. The minimum atomic E-state index is 0.644. The topological polar surface area (TPSA) is 27.7 Å². The third kappa shape index (κ3) is 20.1. The zero-order chi connectivity index (χ0) is 15.4. The van der Waals surface area contributed by atoms with Crippen LogP contribution in [0.5, 0.6) is 0 Å². The fourth-order valence-electron chi connectivity index (χ4n) is 2.00. The molecule has 126 valence electrons. The molecule has 4 heteroatoms. The minimum Gasteiger partial charge on any atom is -0.415 e. The van der Waals surface area contributed by atoms with E-state index in [2.05, 4.69) is 13.8 Å². The van der Waals surface area contributed by atoms with Gasteiger partial charge in [-0.3, -0.25) is 0 Å². The number of unbranched alkanes of at least 4 members (excludes halogenated alkanes) is 7. The van der Waals surface area contributed by atoms with Gasteiger partial charge in [0.05, 0.1) is 26.4 Å². The summed E-state index contributed by atoms with van der Waals surface area (Å²) >= 11 is 0. The first kappa shape index (κ1) is 21.1. The quantitative estimate of drug-likeness (QED) is 0.273. The third-order valence-electron chi connectivity index (χ3n) is 3.33. The summed E-state index contributed by atoms with van der Waals surface area (Å²) in [4.78, 5) is 0. The molecule has 0 bridgehead atoms. The normalized spacial score (nSPS) is 11.1. The number of rotatable bonds is 18. The van der Waals surface area contributed by atoms with Crippen molar-refractivity contribution in [2.75, 3.05) is 33.0 Å². The van der Waals surface area contributed by atoms with E-state index in [0.29, 0.717) is 29.6 Å². The average molecular weight is 317 g/mol. The molecule has 0 saturated heterocycles. The van der Waals surface area contributed by atoms with Gasteiger partial charge in [0.2, 0.25) is 9.76 Å². The number of hydrogen-bond donors (Lipinski definition) is 0. The zero-order valence-electron chi connectivity index (χ0n) is 14.3. The van der Waals surface area contributed by atoms with E-state index in [-0.39, 0.29) is 0 Å². The minimum absolute atomic E-state index is 0.644. The monoisotopic (exact) mass is 316 g/mol. The second-order valence-corrected chi connectivity index (χ2v) is 6.52. The smallest absolute Gasteiger partial charge is 0.229 e. The average Bonchev–Trinajstić information content (AvgIpc) is 2.50. The third-order valence-corrected chi connectivity index (χ3v) is 4.29. The van der Waals surface area contributed by atoms with E-state index in [1.54, 1.807) is 0 Å². The lowest BCUT2D eigenvalue weighted by molar-refractivity contribution is 0.0355. The van der Waals surface area contributed by atoms with E-state index >= 15 is 0 Å². The van der Waals surface area contributed by atoms with Crippen molar-refractivity contribution >= 4 is 9.76 Å². The summed E-state index contributed by atoms with van der Waals surface area (Å²) < 4.78 is 16.6. The predicted octanol–water partition coefficient (Wildman–Crippen LogP) is 4.62. The highest BCUT2D eigenvalue weighted by molar-refractivity contribution is 6.26. The van der Waals surface area contributed by atoms with E-state index in [1.165, 1.54) is 63.8 Å². The van der Waals surface area contributed by atoms with E-state index in [1.807, 2.05) is 0 Å². The van der Waals surface area contributed by atoms with Gasteiger partial charge >= 0.3 is 0 Å². The van der Waals surface area contributed by atoms with Crippen LogP contribution in [0.25, 0.3) is 0 Å². The van der Waals surface area contributed by atoms with Gasteiger partial charge in [0.15, 0.2) is 0 Å². The van der Waals surface area contributed by atoms with Crippen molar-refractivity contribution < 1.29 is 13.9 Å². The fraction of sp³-hybridized carbons (Fsp3) is 1.00. The molecule has 0 amide bonds.